The van der Waals surface area contributed by atoms with Crippen LogP contribution in [-0.4, -0.2) is 18.8 Å². The van der Waals surface area contributed by atoms with Gasteiger partial charge in [0.05, 0.1) is 19.3 Å². The molecule has 0 aliphatic carbocycles. The minimum Gasteiger partial charge on any atom is -0.495 e. The SMILES string of the molecule is C#Cc1c(OC)cccc1[C](C)CO. The number of hydrogen-bond acceptors (Lipinski definition) is 2. The predicted molar refractivity (Wildman–Crippen MR) is 56.0 cm³/mol. The van der Waals surface area contributed by atoms with E-state index in [1.807, 2.05) is 25.1 Å². The maximum atomic E-state index is 9.03. The van der Waals surface area contributed by atoms with Gasteiger partial charge in [-0.25, -0.2) is 0 Å². The average Bonchev–Trinajstić information content (AvgIpc) is 2.26. The van der Waals surface area contributed by atoms with Crippen LogP contribution in [0.5, 0.6) is 5.75 Å². The molecule has 2 heteroatoms. The fourth-order valence-electron chi connectivity index (χ4n) is 1.29. The van der Waals surface area contributed by atoms with Crippen LogP contribution in [-0.2, 0) is 0 Å². The lowest BCUT2D eigenvalue weighted by Gasteiger charge is -2.12. The van der Waals surface area contributed by atoms with Crippen LogP contribution < -0.4 is 4.74 Å². The standard InChI is InChI=1S/C12H13O2/c1-4-10-11(9(2)8-13)6-5-7-12(10)14-3/h1,5-7,13H,8H2,2-3H3. The lowest BCUT2D eigenvalue weighted by Crippen LogP contribution is -2.03. The van der Waals surface area contributed by atoms with Gasteiger partial charge in [0.1, 0.15) is 5.75 Å². The molecular formula is C12H13O2. The quantitative estimate of drug-likeness (QED) is 0.732. The first-order chi connectivity index (χ1) is 6.74. The van der Waals surface area contributed by atoms with Gasteiger partial charge in [-0.15, -0.1) is 6.42 Å². The van der Waals surface area contributed by atoms with Crippen LogP contribution in [0.4, 0.5) is 0 Å². The van der Waals surface area contributed by atoms with Crippen molar-refractivity contribution in [2.24, 2.45) is 0 Å². The minimum atomic E-state index is 0.00183. The summed E-state index contributed by atoms with van der Waals surface area (Å²) in [6.07, 6.45) is 5.39. The highest BCUT2D eigenvalue weighted by molar-refractivity contribution is 5.55. The van der Waals surface area contributed by atoms with Gasteiger partial charge in [-0.2, -0.15) is 0 Å². The van der Waals surface area contributed by atoms with Gasteiger partial charge < -0.3 is 9.84 Å². The smallest absolute Gasteiger partial charge is 0.134 e. The fraction of sp³-hybridized carbons (Fsp3) is 0.250. The molecule has 1 N–H and O–H groups in total. The van der Waals surface area contributed by atoms with Gasteiger partial charge in [-0.1, -0.05) is 25.0 Å². The topological polar surface area (TPSA) is 29.5 Å². The molecule has 0 saturated heterocycles. The van der Waals surface area contributed by atoms with Gasteiger partial charge in [0.2, 0.25) is 0 Å². The monoisotopic (exact) mass is 189 g/mol. The molecule has 0 amide bonds. The van der Waals surface area contributed by atoms with Crippen molar-refractivity contribution in [2.75, 3.05) is 13.7 Å². The van der Waals surface area contributed by atoms with Gasteiger partial charge in [0, 0.05) is 5.92 Å². The number of rotatable bonds is 3. The Morgan fingerprint density at radius 2 is 2.29 bits per heavy atom. The molecule has 0 saturated carbocycles. The van der Waals surface area contributed by atoms with E-state index in [-0.39, 0.29) is 6.61 Å². The molecule has 2 nitrogen and oxygen atoms in total. The summed E-state index contributed by atoms with van der Waals surface area (Å²) in [4.78, 5) is 0. The van der Waals surface area contributed by atoms with Crippen molar-refractivity contribution in [3.63, 3.8) is 0 Å². The number of methoxy groups -OCH3 is 1. The zero-order valence-corrected chi connectivity index (χ0v) is 8.37. The number of aliphatic hydroxyl groups excluding tert-OH is 1. The van der Waals surface area contributed by atoms with E-state index in [4.69, 9.17) is 16.3 Å². The Bertz CT molecular complexity index is 350. The number of terminal acetylenes is 1. The second-order valence-corrected chi connectivity index (χ2v) is 2.97. The predicted octanol–water partition coefficient (Wildman–Crippen LogP) is 1.61. The van der Waals surface area contributed by atoms with Crippen molar-refractivity contribution < 1.29 is 9.84 Å². The molecule has 0 atom stereocenters. The Kier molecular flexibility index (Phi) is 3.55. The van der Waals surface area contributed by atoms with Crippen molar-refractivity contribution in [3.05, 3.63) is 35.2 Å². The van der Waals surface area contributed by atoms with Crippen molar-refractivity contribution in [1.29, 1.82) is 0 Å². The molecule has 0 fully saturated rings. The van der Waals surface area contributed by atoms with E-state index in [9.17, 15) is 0 Å². The molecular weight excluding hydrogens is 176 g/mol. The number of ether oxygens (including phenoxy) is 1. The van der Waals surface area contributed by atoms with Crippen molar-refractivity contribution >= 4 is 0 Å². The molecule has 73 valence electrons. The van der Waals surface area contributed by atoms with Crippen molar-refractivity contribution in [1.82, 2.24) is 0 Å². The van der Waals surface area contributed by atoms with E-state index in [1.54, 1.807) is 7.11 Å². The lowest BCUT2D eigenvalue weighted by atomic mass is 9.96. The first-order valence-corrected chi connectivity index (χ1v) is 4.31. The molecule has 0 heterocycles. The maximum absolute atomic E-state index is 9.03. The van der Waals surface area contributed by atoms with Crippen LogP contribution in [0, 0.1) is 18.3 Å². The summed E-state index contributed by atoms with van der Waals surface area (Å²) >= 11 is 0. The van der Waals surface area contributed by atoms with Crippen LogP contribution in [0.3, 0.4) is 0 Å². The van der Waals surface area contributed by atoms with Crippen LogP contribution in [0.1, 0.15) is 18.1 Å². The third-order valence-electron chi connectivity index (χ3n) is 2.09. The summed E-state index contributed by atoms with van der Waals surface area (Å²) in [5, 5.41) is 9.03. The van der Waals surface area contributed by atoms with Crippen LogP contribution >= 0.6 is 0 Å². The Morgan fingerprint density at radius 3 is 2.79 bits per heavy atom. The Balaban J connectivity index is 3.23. The summed E-state index contributed by atoms with van der Waals surface area (Å²) in [5.74, 6) is 4.08. The van der Waals surface area contributed by atoms with Gasteiger partial charge in [-0.05, 0) is 11.6 Å². The lowest BCUT2D eigenvalue weighted by molar-refractivity contribution is 0.314. The number of hydrogen-bond donors (Lipinski definition) is 1. The first-order valence-electron chi connectivity index (χ1n) is 4.31. The molecule has 0 aliphatic heterocycles. The molecule has 0 unspecified atom stereocenters. The molecule has 0 aliphatic rings. The molecule has 1 radical (unpaired) electrons. The van der Waals surface area contributed by atoms with E-state index < -0.39 is 0 Å². The largest absolute Gasteiger partial charge is 0.495 e. The Hall–Kier alpha value is -1.46. The maximum Gasteiger partial charge on any atom is 0.134 e. The van der Waals surface area contributed by atoms with Gasteiger partial charge in [-0.3, -0.25) is 0 Å². The van der Waals surface area contributed by atoms with Gasteiger partial charge in [0.25, 0.3) is 0 Å². The minimum absolute atomic E-state index is 0.00183. The molecule has 1 aromatic carbocycles. The summed E-state index contributed by atoms with van der Waals surface area (Å²) in [6, 6.07) is 5.54. The van der Waals surface area contributed by atoms with Crippen molar-refractivity contribution in [2.45, 2.75) is 6.92 Å². The van der Waals surface area contributed by atoms with Crippen LogP contribution in [0.2, 0.25) is 0 Å². The summed E-state index contributed by atoms with van der Waals surface area (Å²) in [7, 11) is 1.58. The highest BCUT2D eigenvalue weighted by Gasteiger charge is 2.12. The second-order valence-electron chi connectivity index (χ2n) is 2.97. The Labute approximate surface area is 84.5 Å². The number of aliphatic hydroxyl groups is 1. The molecule has 0 spiro atoms. The van der Waals surface area contributed by atoms with Crippen molar-refractivity contribution in [3.8, 4) is 18.1 Å². The molecule has 0 bridgehead atoms. The van der Waals surface area contributed by atoms with E-state index in [0.29, 0.717) is 11.3 Å². The highest BCUT2D eigenvalue weighted by atomic mass is 16.5. The van der Waals surface area contributed by atoms with E-state index in [1.165, 1.54) is 0 Å². The zero-order chi connectivity index (χ0) is 10.6. The first kappa shape index (κ1) is 10.6. The fourth-order valence-corrected chi connectivity index (χ4v) is 1.29. The third-order valence-corrected chi connectivity index (χ3v) is 2.09. The van der Waals surface area contributed by atoms with Crippen LogP contribution in [0.25, 0.3) is 0 Å². The van der Waals surface area contributed by atoms with E-state index in [2.05, 4.69) is 5.92 Å². The summed E-state index contributed by atoms with van der Waals surface area (Å²) in [6.45, 7) is 1.84. The second kappa shape index (κ2) is 4.69. The summed E-state index contributed by atoms with van der Waals surface area (Å²) in [5.41, 5.74) is 1.57. The van der Waals surface area contributed by atoms with E-state index in [0.717, 1.165) is 11.5 Å². The van der Waals surface area contributed by atoms with Gasteiger partial charge >= 0.3 is 0 Å². The third kappa shape index (κ3) is 1.89. The average molecular weight is 189 g/mol. The molecule has 1 rings (SSSR count). The summed E-state index contributed by atoms with van der Waals surface area (Å²) < 4.78 is 5.13. The van der Waals surface area contributed by atoms with Crippen LogP contribution in [0.15, 0.2) is 18.2 Å². The molecule has 0 aromatic heterocycles. The highest BCUT2D eigenvalue weighted by Crippen LogP contribution is 2.26. The number of benzene rings is 1. The zero-order valence-electron chi connectivity index (χ0n) is 8.37. The van der Waals surface area contributed by atoms with Gasteiger partial charge in [0.15, 0.2) is 0 Å². The molecule has 14 heavy (non-hydrogen) atoms. The Morgan fingerprint density at radius 1 is 1.57 bits per heavy atom. The van der Waals surface area contributed by atoms with E-state index >= 15 is 0 Å². The normalized spacial score (nSPS) is 9.93. The molecule has 1 aromatic rings.